The summed E-state index contributed by atoms with van der Waals surface area (Å²) in [6, 6.07) is 18.5. The van der Waals surface area contributed by atoms with Crippen molar-refractivity contribution in [2.24, 2.45) is 0 Å². The SMILES string of the molecule is CN(CCN(C)C(=O)Oc1cc2c(c3ccccc13)[C@H](CCl)CN2C(=O)CCCC(=O)N1C[C@@H](CCl)c2c1cc(O)c1ccccc21)C(=O)CBr. The summed E-state index contributed by atoms with van der Waals surface area (Å²) in [7, 11) is 3.27. The smallest absolute Gasteiger partial charge is 0.415 e. The molecule has 2 aliphatic rings. The summed E-state index contributed by atoms with van der Waals surface area (Å²) >= 11 is 16.0. The summed E-state index contributed by atoms with van der Waals surface area (Å²) in [6.07, 6.45) is -0.0207. The molecule has 51 heavy (non-hydrogen) atoms. The minimum Gasteiger partial charge on any atom is -0.507 e. The molecule has 0 spiro atoms. The molecule has 0 radical (unpaired) electrons. The van der Waals surface area contributed by atoms with Gasteiger partial charge in [0.2, 0.25) is 17.7 Å². The molecule has 268 valence electrons. The van der Waals surface area contributed by atoms with Crippen LogP contribution in [0.2, 0.25) is 0 Å². The number of ether oxygens (including phenoxy) is 1. The summed E-state index contributed by atoms with van der Waals surface area (Å²) < 4.78 is 5.91. The number of halogens is 3. The van der Waals surface area contributed by atoms with Crippen LogP contribution in [0.15, 0.2) is 60.7 Å². The number of likely N-dealkylation sites (N-methyl/N-ethyl adjacent to an activating group) is 2. The Morgan fingerprint density at radius 1 is 0.784 bits per heavy atom. The van der Waals surface area contributed by atoms with Gasteiger partial charge in [-0.05, 0) is 28.3 Å². The molecule has 0 saturated heterocycles. The van der Waals surface area contributed by atoms with Gasteiger partial charge in [-0.3, -0.25) is 14.4 Å². The van der Waals surface area contributed by atoms with E-state index in [1.165, 1.54) is 9.80 Å². The van der Waals surface area contributed by atoms with Crippen LogP contribution < -0.4 is 14.5 Å². The van der Waals surface area contributed by atoms with Crippen molar-refractivity contribution in [1.82, 2.24) is 9.80 Å². The molecule has 2 atom stereocenters. The maximum absolute atomic E-state index is 13.8. The largest absolute Gasteiger partial charge is 0.507 e. The highest BCUT2D eigenvalue weighted by atomic mass is 79.9. The number of hydrogen-bond acceptors (Lipinski definition) is 6. The molecule has 2 aliphatic heterocycles. The van der Waals surface area contributed by atoms with E-state index in [0.29, 0.717) is 54.9 Å². The maximum atomic E-state index is 13.8. The second-order valence-electron chi connectivity index (χ2n) is 13.0. The highest BCUT2D eigenvalue weighted by Gasteiger charge is 2.36. The van der Waals surface area contributed by atoms with Crippen LogP contribution in [0.25, 0.3) is 21.5 Å². The van der Waals surface area contributed by atoms with Crippen molar-refractivity contribution in [3.8, 4) is 11.5 Å². The average Bonchev–Trinajstić information content (AvgIpc) is 3.72. The van der Waals surface area contributed by atoms with E-state index < -0.39 is 6.09 Å². The number of rotatable bonds is 11. The quantitative estimate of drug-likeness (QED) is 0.161. The molecule has 6 rings (SSSR count). The summed E-state index contributed by atoms with van der Waals surface area (Å²) in [5, 5.41) is 14.1. The number of phenolic OH excluding ortho intramolecular Hbond substituents is 1. The van der Waals surface area contributed by atoms with Crippen LogP contribution in [0.4, 0.5) is 16.2 Å². The summed E-state index contributed by atoms with van der Waals surface area (Å²) in [5.74, 6) is 0.428. The standard InChI is InChI=1S/C38H39BrCl2N4O6/c1-42(35(49)18-39)14-15-43(2)38(50)51-32-17-30-37(28-11-6-4-9-26(28)32)24(20-41)22-45(30)34(48)13-7-12-33(47)44-21-23(19-40)36-27-10-5-3-8-25(27)31(46)16-29(36)44/h3-6,8-11,16-17,23-24,46H,7,12-15,18-22H2,1-2H3/t23-,24-/m1/s1. The Morgan fingerprint density at radius 3 is 1.82 bits per heavy atom. The van der Waals surface area contributed by atoms with Crippen LogP contribution in [0, 0.1) is 0 Å². The first-order valence-electron chi connectivity index (χ1n) is 16.8. The van der Waals surface area contributed by atoms with Gasteiger partial charge >= 0.3 is 6.09 Å². The zero-order valence-electron chi connectivity index (χ0n) is 28.4. The number of carbonyl (C=O) groups excluding carboxylic acids is 4. The first-order valence-corrected chi connectivity index (χ1v) is 19.0. The van der Waals surface area contributed by atoms with Crippen molar-refractivity contribution >= 4 is 95.9 Å². The first kappa shape index (κ1) is 36.7. The van der Waals surface area contributed by atoms with Gasteiger partial charge in [0.25, 0.3) is 0 Å². The molecule has 0 aromatic heterocycles. The number of anilines is 2. The molecule has 0 unspecified atom stereocenters. The molecule has 4 amide bonds. The number of hydrogen-bond donors (Lipinski definition) is 1. The molecule has 10 nitrogen and oxygen atoms in total. The van der Waals surface area contributed by atoms with Crippen molar-refractivity contribution in [3.63, 3.8) is 0 Å². The molecule has 0 bridgehead atoms. The molecule has 4 aromatic carbocycles. The molecule has 4 aromatic rings. The van der Waals surface area contributed by atoms with Gasteiger partial charge in [-0.25, -0.2) is 4.79 Å². The fourth-order valence-corrected chi connectivity index (χ4v) is 8.03. The topological polar surface area (TPSA) is 111 Å². The predicted octanol–water partition coefficient (Wildman–Crippen LogP) is 7.19. The van der Waals surface area contributed by atoms with E-state index in [1.54, 1.807) is 36.0 Å². The third-order valence-corrected chi connectivity index (χ3v) is 11.1. The van der Waals surface area contributed by atoms with Crippen LogP contribution in [-0.4, -0.2) is 96.1 Å². The number of alkyl halides is 3. The Morgan fingerprint density at radius 2 is 1.27 bits per heavy atom. The van der Waals surface area contributed by atoms with Crippen LogP contribution >= 0.6 is 39.1 Å². The van der Waals surface area contributed by atoms with E-state index in [0.717, 1.165) is 32.7 Å². The summed E-state index contributed by atoms with van der Waals surface area (Å²) in [4.78, 5) is 58.8. The molecule has 2 heterocycles. The lowest BCUT2D eigenvalue weighted by atomic mass is 9.95. The lowest BCUT2D eigenvalue weighted by Gasteiger charge is -2.23. The third kappa shape index (κ3) is 7.21. The Balaban J connectivity index is 1.17. The van der Waals surface area contributed by atoms with E-state index in [9.17, 15) is 24.3 Å². The Labute approximate surface area is 314 Å². The van der Waals surface area contributed by atoms with Gasteiger partial charge in [0, 0.05) is 99.6 Å². The summed E-state index contributed by atoms with van der Waals surface area (Å²) in [6.45, 7) is 1.37. The Kier molecular flexibility index (Phi) is 11.3. The number of carbonyl (C=O) groups is 4. The van der Waals surface area contributed by atoms with E-state index >= 15 is 0 Å². The van der Waals surface area contributed by atoms with E-state index in [2.05, 4.69) is 15.9 Å². The molecular formula is C38H39BrCl2N4O6. The number of amides is 4. The lowest BCUT2D eigenvalue weighted by molar-refractivity contribution is -0.127. The zero-order valence-corrected chi connectivity index (χ0v) is 31.5. The normalized spacial score (nSPS) is 16.3. The van der Waals surface area contributed by atoms with Gasteiger partial charge in [0.1, 0.15) is 11.5 Å². The van der Waals surface area contributed by atoms with Crippen molar-refractivity contribution in [3.05, 3.63) is 71.8 Å². The van der Waals surface area contributed by atoms with Gasteiger partial charge in [-0.2, -0.15) is 0 Å². The minimum absolute atomic E-state index is 0.0750. The monoisotopic (exact) mass is 796 g/mol. The maximum Gasteiger partial charge on any atom is 0.415 e. The molecule has 13 heteroatoms. The molecular weight excluding hydrogens is 759 g/mol. The van der Waals surface area contributed by atoms with Gasteiger partial charge in [0.05, 0.1) is 16.7 Å². The average molecular weight is 799 g/mol. The highest BCUT2D eigenvalue weighted by molar-refractivity contribution is 9.09. The van der Waals surface area contributed by atoms with Gasteiger partial charge in [-0.1, -0.05) is 64.5 Å². The fourth-order valence-electron chi connectivity index (χ4n) is 7.10. The number of benzene rings is 4. The second-order valence-corrected chi connectivity index (χ2v) is 14.2. The second kappa shape index (κ2) is 15.7. The van der Waals surface area contributed by atoms with Crippen molar-refractivity contribution in [2.75, 3.05) is 67.2 Å². The molecule has 0 saturated carbocycles. The number of aromatic hydroxyl groups is 1. The van der Waals surface area contributed by atoms with Gasteiger partial charge in [0.15, 0.2) is 0 Å². The minimum atomic E-state index is -0.593. The van der Waals surface area contributed by atoms with Crippen LogP contribution in [0.3, 0.4) is 0 Å². The number of nitrogens with zero attached hydrogens (tertiary/aromatic N) is 4. The highest BCUT2D eigenvalue weighted by Crippen LogP contribution is 2.47. The predicted molar refractivity (Wildman–Crippen MR) is 205 cm³/mol. The van der Waals surface area contributed by atoms with Crippen molar-refractivity contribution < 1.29 is 29.0 Å². The van der Waals surface area contributed by atoms with Crippen LogP contribution in [0.5, 0.6) is 11.5 Å². The fraction of sp³-hybridized carbons (Fsp3) is 0.368. The zero-order chi connectivity index (χ0) is 36.4. The Bertz CT molecular complexity index is 2010. The van der Waals surface area contributed by atoms with E-state index in [4.69, 9.17) is 27.9 Å². The van der Waals surface area contributed by atoms with E-state index in [-0.39, 0.29) is 60.0 Å². The number of fused-ring (bicyclic) bond motifs is 6. The molecule has 1 N–H and O–H groups in total. The Hall–Kier alpha value is -4.06. The van der Waals surface area contributed by atoms with Crippen molar-refractivity contribution in [1.29, 1.82) is 0 Å². The first-order chi connectivity index (χ1) is 24.6. The number of phenols is 1. The van der Waals surface area contributed by atoms with E-state index in [1.807, 2.05) is 48.5 Å². The van der Waals surface area contributed by atoms with Crippen LogP contribution in [-0.2, 0) is 14.4 Å². The van der Waals surface area contributed by atoms with Crippen molar-refractivity contribution in [2.45, 2.75) is 31.1 Å². The third-order valence-electron chi connectivity index (χ3n) is 9.85. The molecule has 0 aliphatic carbocycles. The molecule has 0 fully saturated rings. The lowest BCUT2D eigenvalue weighted by Crippen LogP contribution is -2.38. The van der Waals surface area contributed by atoms with Gasteiger partial charge in [-0.15, -0.1) is 23.2 Å². The summed E-state index contributed by atoms with van der Waals surface area (Å²) in [5.41, 5.74) is 3.16. The van der Waals surface area contributed by atoms with Gasteiger partial charge < -0.3 is 29.4 Å². The van der Waals surface area contributed by atoms with Crippen LogP contribution in [0.1, 0.15) is 42.2 Å².